The third kappa shape index (κ3) is 3.19. The highest BCUT2D eigenvalue weighted by atomic mass is 17.2. The SMILES string of the molecule is C=C(OOCC)[C@@](O)(C(=O)OCC)[C@@H](C)O. The molecular formula is C10H18O6. The summed E-state index contributed by atoms with van der Waals surface area (Å²) in [7, 11) is 0. The first-order valence-corrected chi connectivity index (χ1v) is 4.97. The van der Waals surface area contributed by atoms with Crippen molar-refractivity contribution in [3.05, 3.63) is 12.3 Å². The number of aliphatic hydroxyl groups excluding tert-OH is 1. The van der Waals surface area contributed by atoms with Crippen LogP contribution in [0.5, 0.6) is 0 Å². The van der Waals surface area contributed by atoms with Crippen LogP contribution < -0.4 is 0 Å². The Hall–Kier alpha value is -1.11. The van der Waals surface area contributed by atoms with Crippen molar-refractivity contribution in [1.29, 1.82) is 0 Å². The minimum Gasteiger partial charge on any atom is -0.463 e. The molecule has 0 saturated heterocycles. The van der Waals surface area contributed by atoms with E-state index in [9.17, 15) is 15.0 Å². The average Bonchev–Trinajstić information content (AvgIpc) is 2.24. The number of rotatable bonds is 7. The molecule has 0 aromatic rings. The molecule has 0 bridgehead atoms. The van der Waals surface area contributed by atoms with Gasteiger partial charge in [0.1, 0.15) is 0 Å². The van der Waals surface area contributed by atoms with E-state index >= 15 is 0 Å². The molecule has 0 saturated carbocycles. The zero-order valence-corrected chi connectivity index (χ0v) is 9.73. The highest BCUT2D eigenvalue weighted by Gasteiger charge is 2.48. The van der Waals surface area contributed by atoms with Crippen molar-refractivity contribution in [3.8, 4) is 0 Å². The summed E-state index contributed by atoms with van der Waals surface area (Å²) < 4.78 is 4.62. The largest absolute Gasteiger partial charge is 0.463 e. The number of aliphatic hydroxyl groups is 2. The van der Waals surface area contributed by atoms with Crippen LogP contribution in [0.3, 0.4) is 0 Å². The second-order valence-electron chi connectivity index (χ2n) is 3.08. The van der Waals surface area contributed by atoms with Crippen molar-refractivity contribution >= 4 is 5.97 Å². The van der Waals surface area contributed by atoms with Crippen LogP contribution in [0.1, 0.15) is 20.8 Å². The first kappa shape index (κ1) is 14.9. The maximum Gasteiger partial charge on any atom is 0.349 e. The van der Waals surface area contributed by atoms with Gasteiger partial charge in [0.2, 0.25) is 5.60 Å². The molecule has 0 spiro atoms. The van der Waals surface area contributed by atoms with Crippen molar-refractivity contribution in [2.24, 2.45) is 0 Å². The molecule has 0 aromatic heterocycles. The fourth-order valence-corrected chi connectivity index (χ4v) is 0.952. The minimum atomic E-state index is -2.33. The van der Waals surface area contributed by atoms with E-state index in [-0.39, 0.29) is 13.2 Å². The van der Waals surface area contributed by atoms with Crippen molar-refractivity contribution < 1.29 is 29.5 Å². The summed E-state index contributed by atoms with van der Waals surface area (Å²) in [6.07, 6.45) is -1.43. The fourth-order valence-electron chi connectivity index (χ4n) is 0.952. The van der Waals surface area contributed by atoms with E-state index in [1.807, 2.05) is 0 Å². The standard InChI is InChI=1S/C10H18O6/c1-5-14-9(12)10(13,7(3)11)8(4)16-15-6-2/h7,11,13H,4-6H2,1-3H3/t7-,10-/m1/s1. The number of carbonyl (C=O) groups is 1. The summed E-state index contributed by atoms with van der Waals surface area (Å²) in [5.41, 5.74) is -2.33. The molecule has 0 amide bonds. The molecule has 16 heavy (non-hydrogen) atoms. The van der Waals surface area contributed by atoms with Crippen molar-refractivity contribution in [2.45, 2.75) is 32.5 Å². The Labute approximate surface area is 94.4 Å². The summed E-state index contributed by atoms with van der Waals surface area (Å²) in [5.74, 6) is -1.45. The van der Waals surface area contributed by atoms with Gasteiger partial charge in [0.25, 0.3) is 0 Å². The summed E-state index contributed by atoms with van der Waals surface area (Å²) in [5, 5.41) is 19.3. The Morgan fingerprint density at radius 2 is 2.00 bits per heavy atom. The highest BCUT2D eigenvalue weighted by molar-refractivity contribution is 5.83. The van der Waals surface area contributed by atoms with Crippen LogP contribution in [0.4, 0.5) is 0 Å². The Bertz CT molecular complexity index is 250. The molecule has 0 radical (unpaired) electrons. The highest BCUT2D eigenvalue weighted by Crippen LogP contribution is 2.23. The predicted molar refractivity (Wildman–Crippen MR) is 55.1 cm³/mol. The Morgan fingerprint density at radius 1 is 1.44 bits per heavy atom. The van der Waals surface area contributed by atoms with E-state index in [1.165, 1.54) is 6.92 Å². The van der Waals surface area contributed by atoms with Gasteiger partial charge in [-0.3, -0.25) is 0 Å². The smallest absolute Gasteiger partial charge is 0.349 e. The molecule has 0 fully saturated rings. The summed E-state index contributed by atoms with van der Waals surface area (Å²) in [6, 6.07) is 0. The Balaban J connectivity index is 4.81. The van der Waals surface area contributed by atoms with Crippen LogP contribution in [0.2, 0.25) is 0 Å². The van der Waals surface area contributed by atoms with Gasteiger partial charge in [0.05, 0.1) is 19.3 Å². The lowest BCUT2D eigenvalue weighted by Crippen LogP contribution is -2.51. The second kappa shape index (κ2) is 6.47. The van der Waals surface area contributed by atoms with Crippen LogP contribution in [-0.4, -0.2) is 41.1 Å². The van der Waals surface area contributed by atoms with E-state index in [0.29, 0.717) is 0 Å². The van der Waals surface area contributed by atoms with E-state index < -0.39 is 23.4 Å². The maximum atomic E-state index is 11.5. The Kier molecular flexibility index (Phi) is 6.02. The van der Waals surface area contributed by atoms with Gasteiger partial charge in [-0.15, -0.1) is 0 Å². The van der Waals surface area contributed by atoms with Gasteiger partial charge in [-0.25, -0.2) is 4.79 Å². The van der Waals surface area contributed by atoms with Gasteiger partial charge in [-0.2, -0.15) is 4.89 Å². The van der Waals surface area contributed by atoms with Crippen molar-refractivity contribution in [3.63, 3.8) is 0 Å². The average molecular weight is 234 g/mol. The van der Waals surface area contributed by atoms with Crippen LogP contribution in [0.25, 0.3) is 0 Å². The molecule has 0 heterocycles. The van der Waals surface area contributed by atoms with Crippen molar-refractivity contribution in [2.75, 3.05) is 13.2 Å². The summed E-state index contributed by atoms with van der Waals surface area (Å²) in [4.78, 5) is 20.6. The van der Waals surface area contributed by atoms with Crippen molar-refractivity contribution in [1.82, 2.24) is 0 Å². The molecule has 94 valence electrons. The lowest BCUT2D eigenvalue weighted by Gasteiger charge is -2.28. The van der Waals surface area contributed by atoms with Crippen LogP contribution in [0, 0.1) is 0 Å². The fraction of sp³-hybridized carbons (Fsp3) is 0.700. The van der Waals surface area contributed by atoms with E-state index in [2.05, 4.69) is 21.1 Å². The molecule has 2 N–H and O–H groups in total. The molecule has 6 nitrogen and oxygen atoms in total. The van der Waals surface area contributed by atoms with Crippen LogP contribution >= 0.6 is 0 Å². The number of ether oxygens (including phenoxy) is 1. The second-order valence-corrected chi connectivity index (χ2v) is 3.08. The third-order valence-corrected chi connectivity index (χ3v) is 1.89. The van der Waals surface area contributed by atoms with Gasteiger partial charge in [-0.1, -0.05) is 6.58 Å². The van der Waals surface area contributed by atoms with E-state index in [1.54, 1.807) is 13.8 Å². The molecule has 0 aliphatic rings. The molecule has 0 rings (SSSR count). The van der Waals surface area contributed by atoms with Gasteiger partial charge in [-0.05, 0) is 20.8 Å². The monoisotopic (exact) mass is 234 g/mol. The lowest BCUT2D eigenvalue weighted by molar-refractivity contribution is -0.281. The zero-order valence-electron chi connectivity index (χ0n) is 9.73. The Morgan fingerprint density at radius 3 is 2.38 bits per heavy atom. The lowest BCUT2D eigenvalue weighted by atomic mass is 9.96. The van der Waals surface area contributed by atoms with Gasteiger partial charge >= 0.3 is 5.97 Å². The molecular weight excluding hydrogens is 216 g/mol. The third-order valence-electron chi connectivity index (χ3n) is 1.89. The first-order chi connectivity index (χ1) is 7.41. The maximum absolute atomic E-state index is 11.5. The van der Waals surface area contributed by atoms with E-state index in [4.69, 9.17) is 0 Å². The molecule has 0 unspecified atom stereocenters. The molecule has 6 heteroatoms. The van der Waals surface area contributed by atoms with Gasteiger partial charge in [0.15, 0.2) is 5.76 Å². The first-order valence-electron chi connectivity index (χ1n) is 4.97. The molecule has 0 aromatic carbocycles. The van der Waals surface area contributed by atoms with Crippen LogP contribution in [-0.2, 0) is 19.3 Å². The minimum absolute atomic E-state index is 0.0653. The predicted octanol–water partition coefficient (Wildman–Crippen LogP) is 0.143. The normalized spacial score (nSPS) is 16.1. The van der Waals surface area contributed by atoms with E-state index in [0.717, 1.165) is 0 Å². The molecule has 0 aliphatic heterocycles. The topological polar surface area (TPSA) is 85.2 Å². The summed E-state index contributed by atoms with van der Waals surface area (Å²) in [6.45, 7) is 8.05. The summed E-state index contributed by atoms with van der Waals surface area (Å²) >= 11 is 0. The number of esters is 1. The zero-order chi connectivity index (χ0) is 12.8. The molecule has 0 aliphatic carbocycles. The molecule has 2 atom stereocenters. The number of carbonyl (C=O) groups excluding carboxylic acids is 1. The van der Waals surface area contributed by atoms with Crippen LogP contribution in [0.15, 0.2) is 12.3 Å². The number of hydrogen-bond donors (Lipinski definition) is 2. The van der Waals surface area contributed by atoms with Gasteiger partial charge < -0.3 is 19.8 Å². The van der Waals surface area contributed by atoms with Gasteiger partial charge in [0, 0.05) is 0 Å². The number of hydrogen-bond acceptors (Lipinski definition) is 6. The quantitative estimate of drug-likeness (QED) is 0.282.